The zero-order valence-corrected chi connectivity index (χ0v) is 9.98. The number of carbonyl (C=O) groups is 1. The summed E-state index contributed by atoms with van der Waals surface area (Å²) in [5.74, 6) is -0.716. The van der Waals surface area contributed by atoms with Crippen molar-refractivity contribution in [3.05, 3.63) is 22.2 Å². The van der Waals surface area contributed by atoms with Crippen LogP contribution in [0.25, 0.3) is 0 Å². The van der Waals surface area contributed by atoms with Crippen molar-refractivity contribution in [1.82, 2.24) is 9.97 Å². The molecule has 0 spiro atoms. The molecule has 1 atom stereocenters. The molecule has 1 unspecified atom stereocenters. The van der Waals surface area contributed by atoms with Crippen molar-refractivity contribution in [2.24, 2.45) is 0 Å². The zero-order valence-electron chi connectivity index (χ0n) is 8.40. The molecule has 0 aliphatic rings. The summed E-state index contributed by atoms with van der Waals surface area (Å²) in [4.78, 5) is 18.7. The van der Waals surface area contributed by atoms with Crippen molar-refractivity contribution in [3.63, 3.8) is 0 Å². The lowest BCUT2D eigenvalue weighted by Gasteiger charge is -2.10. The topological polar surface area (TPSA) is 72.3 Å². The standard InChI is InChI=1S/C9H11BrN2O3/c1-3-15-5(2)8-11-4-6(10)7(12-8)9(13)14/h4-5H,3H2,1-2H3,(H,13,14). The minimum absolute atomic E-state index is 0.0495. The van der Waals surface area contributed by atoms with E-state index in [9.17, 15) is 4.79 Å². The Balaban J connectivity index is 3.02. The lowest BCUT2D eigenvalue weighted by atomic mass is 10.3. The fourth-order valence-electron chi connectivity index (χ4n) is 1.05. The van der Waals surface area contributed by atoms with E-state index in [0.29, 0.717) is 16.9 Å². The number of hydrogen-bond acceptors (Lipinski definition) is 4. The smallest absolute Gasteiger partial charge is 0.355 e. The first kappa shape index (κ1) is 12.1. The van der Waals surface area contributed by atoms with Gasteiger partial charge in [-0.1, -0.05) is 0 Å². The molecule has 0 radical (unpaired) electrons. The number of rotatable bonds is 4. The quantitative estimate of drug-likeness (QED) is 0.910. The van der Waals surface area contributed by atoms with Gasteiger partial charge in [-0.25, -0.2) is 14.8 Å². The van der Waals surface area contributed by atoms with Crippen molar-refractivity contribution >= 4 is 21.9 Å². The normalized spacial score (nSPS) is 12.5. The number of halogens is 1. The van der Waals surface area contributed by atoms with Crippen molar-refractivity contribution in [3.8, 4) is 0 Å². The molecule has 1 rings (SSSR count). The summed E-state index contributed by atoms with van der Waals surface area (Å²) >= 11 is 3.07. The predicted octanol–water partition coefficient (Wildman–Crippen LogP) is 2.03. The monoisotopic (exact) mass is 274 g/mol. The van der Waals surface area contributed by atoms with Gasteiger partial charge < -0.3 is 9.84 Å². The Hall–Kier alpha value is -1.01. The summed E-state index contributed by atoms with van der Waals surface area (Å²) < 4.78 is 5.63. The number of hydrogen-bond donors (Lipinski definition) is 1. The van der Waals surface area contributed by atoms with Gasteiger partial charge in [-0.2, -0.15) is 0 Å². The van der Waals surface area contributed by atoms with Crippen LogP contribution in [-0.4, -0.2) is 27.7 Å². The second kappa shape index (κ2) is 5.18. The lowest BCUT2D eigenvalue weighted by Crippen LogP contribution is -2.10. The van der Waals surface area contributed by atoms with Gasteiger partial charge in [0.2, 0.25) is 0 Å². The van der Waals surface area contributed by atoms with Gasteiger partial charge in [0.15, 0.2) is 11.5 Å². The molecule has 0 aliphatic carbocycles. The molecule has 1 aromatic heterocycles. The lowest BCUT2D eigenvalue weighted by molar-refractivity contribution is 0.0659. The molecule has 15 heavy (non-hydrogen) atoms. The minimum Gasteiger partial charge on any atom is -0.476 e. The third-order valence-electron chi connectivity index (χ3n) is 1.75. The Morgan fingerprint density at radius 1 is 1.73 bits per heavy atom. The summed E-state index contributed by atoms with van der Waals surface area (Å²) in [6.45, 7) is 4.16. The molecular weight excluding hydrogens is 264 g/mol. The highest BCUT2D eigenvalue weighted by Gasteiger charge is 2.15. The fourth-order valence-corrected chi connectivity index (χ4v) is 1.41. The van der Waals surface area contributed by atoms with Crippen LogP contribution in [-0.2, 0) is 4.74 Å². The van der Waals surface area contributed by atoms with Gasteiger partial charge in [0, 0.05) is 12.8 Å². The number of ether oxygens (including phenoxy) is 1. The zero-order chi connectivity index (χ0) is 11.4. The molecule has 6 heteroatoms. The summed E-state index contributed by atoms with van der Waals surface area (Å²) in [6.07, 6.45) is 1.11. The van der Waals surface area contributed by atoms with E-state index < -0.39 is 5.97 Å². The maximum absolute atomic E-state index is 10.8. The van der Waals surface area contributed by atoms with E-state index in [1.807, 2.05) is 6.92 Å². The van der Waals surface area contributed by atoms with Crippen molar-refractivity contribution in [2.45, 2.75) is 20.0 Å². The Morgan fingerprint density at radius 3 is 2.93 bits per heavy atom. The molecule has 0 saturated heterocycles. The number of nitrogens with zero attached hydrogens (tertiary/aromatic N) is 2. The van der Waals surface area contributed by atoms with Gasteiger partial charge in [0.1, 0.15) is 6.10 Å². The average Bonchev–Trinajstić information content (AvgIpc) is 2.18. The third-order valence-corrected chi connectivity index (χ3v) is 2.33. The van der Waals surface area contributed by atoms with Crippen LogP contribution in [0, 0.1) is 0 Å². The predicted molar refractivity (Wildman–Crippen MR) is 56.7 cm³/mol. The summed E-state index contributed by atoms with van der Waals surface area (Å²) in [5.41, 5.74) is -0.0495. The van der Waals surface area contributed by atoms with E-state index in [2.05, 4.69) is 25.9 Å². The van der Waals surface area contributed by atoms with Crippen LogP contribution < -0.4 is 0 Å². The number of carboxylic acids is 1. The van der Waals surface area contributed by atoms with Crippen molar-refractivity contribution in [1.29, 1.82) is 0 Å². The highest BCUT2D eigenvalue weighted by Crippen LogP contribution is 2.17. The molecule has 0 aliphatic heterocycles. The summed E-state index contributed by atoms with van der Waals surface area (Å²) in [6, 6.07) is 0. The first-order chi connectivity index (χ1) is 7.06. The van der Waals surface area contributed by atoms with Gasteiger partial charge in [-0.15, -0.1) is 0 Å². The van der Waals surface area contributed by atoms with Crippen LogP contribution >= 0.6 is 15.9 Å². The molecule has 1 N–H and O–H groups in total. The summed E-state index contributed by atoms with van der Waals surface area (Å²) in [5, 5.41) is 8.84. The van der Waals surface area contributed by atoms with Gasteiger partial charge in [-0.05, 0) is 29.8 Å². The highest BCUT2D eigenvalue weighted by atomic mass is 79.9. The Morgan fingerprint density at radius 2 is 2.40 bits per heavy atom. The third kappa shape index (κ3) is 2.97. The molecule has 0 fully saturated rings. The molecule has 5 nitrogen and oxygen atoms in total. The first-order valence-electron chi connectivity index (χ1n) is 4.43. The van der Waals surface area contributed by atoms with Crippen LogP contribution in [0.15, 0.2) is 10.7 Å². The number of aromatic carboxylic acids is 1. The van der Waals surface area contributed by atoms with Crippen LogP contribution in [0.3, 0.4) is 0 Å². The fraction of sp³-hybridized carbons (Fsp3) is 0.444. The SMILES string of the molecule is CCOC(C)c1ncc(Br)c(C(=O)O)n1. The molecule has 1 aromatic rings. The second-order valence-corrected chi connectivity index (χ2v) is 3.68. The number of aromatic nitrogens is 2. The molecular formula is C9H11BrN2O3. The van der Waals surface area contributed by atoms with Gasteiger partial charge in [0.25, 0.3) is 0 Å². The summed E-state index contributed by atoms with van der Waals surface area (Å²) in [7, 11) is 0. The Labute approximate surface area is 95.6 Å². The molecule has 1 heterocycles. The molecule has 0 bridgehead atoms. The van der Waals surface area contributed by atoms with Crippen LogP contribution in [0.1, 0.15) is 36.3 Å². The average molecular weight is 275 g/mol. The highest BCUT2D eigenvalue weighted by molar-refractivity contribution is 9.10. The van der Waals surface area contributed by atoms with Gasteiger partial charge in [0.05, 0.1) is 4.47 Å². The molecule has 0 saturated carbocycles. The van der Waals surface area contributed by atoms with Crippen molar-refractivity contribution in [2.75, 3.05) is 6.61 Å². The second-order valence-electron chi connectivity index (χ2n) is 2.83. The Bertz CT molecular complexity index is 370. The van der Waals surface area contributed by atoms with E-state index in [-0.39, 0.29) is 11.8 Å². The van der Waals surface area contributed by atoms with E-state index in [1.165, 1.54) is 6.20 Å². The largest absolute Gasteiger partial charge is 0.476 e. The number of carboxylic acid groups (broad SMARTS) is 1. The van der Waals surface area contributed by atoms with Crippen LogP contribution in [0.5, 0.6) is 0 Å². The van der Waals surface area contributed by atoms with E-state index >= 15 is 0 Å². The maximum Gasteiger partial charge on any atom is 0.355 e. The molecule has 0 amide bonds. The van der Waals surface area contributed by atoms with Gasteiger partial charge in [-0.3, -0.25) is 0 Å². The maximum atomic E-state index is 10.8. The first-order valence-corrected chi connectivity index (χ1v) is 5.22. The van der Waals surface area contributed by atoms with E-state index in [0.717, 1.165) is 0 Å². The van der Waals surface area contributed by atoms with E-state index in [4.69, 9.17) is 9.84 Å². The van der Waals surface area contributed by atoms with E-state index in [1.54, 1.807) is 6.92 Å². The van der Waals surface area contributed by atoms with Gasteiger partial charge >= 0.3 is 5.97 Å². The van der Waals surface area contributed by atoms with Crippen LogP contribution in [0.2, 0.25) is 0 Å². The van der Waals surface area contributed by atoms with Crippen LogP contribution in [0.4, 0.5) is 0 Å². The molecule has 0 aromatic carbocycles. The minimum atomic E-state index is -1.09. The Kier molecular flexibility index (Phi) is 4.16. The van der Waals surface area contributed by atoms with Crippen molar-refractivity contribution < 1.29 is 14.6 Å². The molecule has 82 valence electrons.